The Morgan fingerprint density at radius 2 is 2.11 bits per heavy atom. The van der Waals surface area contributed by atoms with E-state index >= 15 is 0 Å². The van der Waals surface area contributed by atoms with E-state index in [4.69, 9.17) is 21.3 Å². The molecule has 0 radical (unpaired) electrons. The monoisotopic (exact) mass is 506 g/mol. The van der Waals surface area contributed by atoms with Gasteiger partial charge in [0.2, 0.25) is 5.95 Å². The van der Waals surface area contributed by atoms with Gasteiger partial charge < -0.3 is 25.3 Å². The number of halogens is 1. The van der Waals surface area contributed by atoms with E-state index in [0.717, 1.165) is 36.0 Å². The molecule has 2 fully saturated rings. The van der Waals surface area contributed by atoms with Crippen LogP contribution in [-0.2, 0) is 17.9 Å². The van der Waals surface area contributed by atoms with Gasteiger partial charge in [-0.05, 0) is 25.3 Å². The molecule has 186 valence electrons. The van der Waals surface area contributed by atoms with Crippen LogP contribution in [0.3, 0.4) is 0 Å². The molecule has 1 aliphatic heterocycles. The van der Waals surface area contributed by atoms with Gasteiger partial charge in [-0.2, -0.15) is 15.1 Å². The summed E-state index contributed by atoms with van der Waals surface area (Å²) < 4.78 is 7.42. The maximum atomic E-state index is 12.8. The molecule has 4 aromatic rings. The van der Waals surface area contributed by atoms with Crippen LogP contribution in [0.4, 0.5) is 22.2 Å². The van der Waals surface area contributed by atoms with Gasteiger partial charge in [0.25, 0.3) is 0 Å². The first-order valence-electron chi connectivity index (χ1n) is 12.1. The molecule has 1 spiro atoms. The number of ether oxygens (including phenoxy) is 1. The quantitative estimate of drug-likeness (QED) is 0.330. The maximum Gasteiger partial charge on any atom is 0.410 e. The molecule has 1 atom stereocenters. The van der Waals surface area contributed by atoms with E-state index < -0.39 is 0 Å². The number of nitrogens with one attached hydrogen (secondary N) is 3. The highest BCUT2D eigenvalue weighted by Gasteiger charge is 2.56. The third kappa shape index (κ3) is 4.32. The van der Waals surface area contributed by atoms with Crippen LogP contribution in [-0.4, -0.2) is 54.9 Å². The second-order valence-corrected chi connectivity index (χ2v) is 9.85. The highest BCUT2D eigenvalue weighted by molar-refractivity contribution is 6.36. The fraction of sp³-hybridized carbons (Fsp3) is 0.360. The lowest BCUT2D eigenvalue weighted by molar-refractivity contribution is 0.102. The average Bonchev–Trinajstić information content (AvgIpc) is 3.18. The SMILES string of the molecule is CCn1cc(Nc2nc(NC3CN(C(=O)OCc4ccccc4)CC34CC4)c3c(Cl)c[nH]c3n2)cn1. The van der Waals surface area contributed by atoms with Gasteiger partial charge in [-0.15, -0.1) is 0 Å². The molecule has 1 saturated carbocycles. The zero-order valence-corrected chi connectivity index (χ0v) is 20.6. The van der Waals surface area contributed by atoms with E-state index in [1.54, 1.807) is 17.3 Å². The number of aromatic nitrogens is 5. The molecule has 0 bridgehead atoms. The topological polar surface area (TPSA) is 113 Å². The Labute approximate surface area is 213 Å². The number of likely N-dealkylation sites (tertiary alicyclic amines) is 1. The van der Waals surface area contributed by atoms with Gasteiger partial charge >= 0.3 is 6.09 Å². The van der Waals surface area contributed by atoms with Gasteiger partial charge in [0.1, 0.15) is 18.1 Å². The number of carbonyl (C=O) groups excluding carboxylic acids is 1. The van der Waals surface area contributed by atoms with Gasteiger partial charge in [-0.1, -0.05) is 41.9 Å². The standard InChI is InChI=1S/C25H27ClN8O2/c1-2-34-12-17(10-28-34)29-23-31-21-20(18(26)11-27-21)22(32-23)30-19-13-33(15-25(19)8-9-25)24(35)36-14-16-6-4-3-5-7-16/h3-7,10-12,19H,2,8-9,13-15H2,1H3,(H3,27,29,30,31,32). The van der Waals surface area contributed by atoms with Crippen molar-refractivity contribution in [2.75, 3.05) is 23.7 Å². The summed E-state index contributed by atoms with van der Waals surface area (Å²) in [6.45, 7) is 4.26. The van der Waals surface area contributed by atoms with Crippen molar-refractivity contribution in [2.24, 2.45) is 5.41 Å². The lowest BCUT2D eigenvalue weighted by Gasteiger charge is -2.20. The molecular formula is C25H27ClN8O2. The number of aromatic amines is 1. The number of nitrogens with zero attached hydrogens (tertiary/aromatic N) is 5. The lowest BCUT2D eigenvalue weighted by Crippen LogP contribution is -2.32. The van der Waals surface area contributed by atoms with Crippen LogP contribution in [0.25, 0.3) is 11.0 Å². The normalized spacial score (nSPS) is 18.1. The molecule has 1 saturated heterocycles. The summed E-state index contributed by atoms with van der Waals surface area (Å²) in [5.41, 5.74) is 2.41. The van der Waals surface area contributed by atoms with Gasteiger partial charge in [0.15, 0.2) is 0 Å². The second-order valence-electron chi connectivity index (χ2n) is 9.45. The highest BCUT2D eigenvalue weighted by Crippen LogP contribution is 2.54. The van der Waals surface area contributed by atoms with Gasteiger partial charge in [-0.3, -0.25) is 4.68 Å². The first-order valence-corrected chi connectivity index (χ1v) is 12.5. The van der Waals surface area contributed by atoms with Crippen LogP contribution in [0.1, 0.15) is 25.3 Å². The fourth-order valence-corrected chi connectivity index (χ4v) is 5.07. The van der Waals surface area contributed by atoms with Gasteiger partial charge in [0.05, 0.1) is 28.3 Å². The number of hydrogen-bond acceptors (Lipinski definition) is 7. The molecule has 10 nitrogen and oxygen atoms in total. The van der Waals surface area contributed by atoms with Gasteiger partial charge in [0, 0.05) is 37.4 Å². The van der Waals surface area contributed by atoms with E-state index in [2.05, 4.69) is 25.7 Å². The summed E-state index contributed by atoms with van der Waals surface area (Å²) in [7, 11) is 0. The number of carbonyl (C=O) groups is 1. The molecule has 3 N–H and O–H groups in total. The van der Waals surface area contributed by atoms with Crippen LogP contribution >= 0.6 is 11.6 Å². The molecule has 3 aromatic heterocycles. The molecule has 4 heterocycles. The van der Waals surface area contributed by atoms with Crippen molar-refractivity contribution in [3.63, 3.8) is 0 Å². The van der Waals surface area contributed by atoms with Crippen molar-refractivity contribution >= 4 is 46.2 Å². The summed E-state index contributed by atoms with van der Waals surface area (Å²) in [6.07, 6.45) is 7.14. The Morgan fingerprint density at radius 1 is 1.28 bits per heavy atom. The van der Waals surface area contributed by atoms with E-state index in [9.17, 15) is 4.79 Å². The third-order valence-corrected chi connectivity index (χ3v) is 7.31. The van der Waals surface area contributed by atoms with Crippen molar-refractivity contribution in [1.29, 1.82) is 0 Å². The number of amides is 1. The Hall–Kier alpha value is -3.79. The predicted octanol–water partition coefficient (Wildman–Crippen LogP) is 4.78. The van der Waals surface area contributed by atoms with Crippen molar-refractivity contribution in [3.05, 3.63) is 59.5 Å². The molecule has 1 amide bonds. The number of hydrogen-bond donors (Lipinski definition) is 3. The van der Waals surface area contributed by atoms with E-state index in [1.807, 2.05) is 48.1 Å². The molecule has 1 aromatic carbocycles. The first-order chi connectivity index (χ1) is 17.5. The molecule has 36 heavy (non-hydrogen) atoms. The number of anilines is 3. The van der Waals surface area contributed by atoms with Crippen molar-refractivity contribution in [1.82, 2.24) is 29.6 Å². The largest absolute Gasteiger partial charge is 0.445 e. The molecule has 11 heteroatoms. The first kappa shape index (κ1) is 22.7. The summed E-state index contributed by atoms with van der Waals surface area (Å²) >= 11 is 6.49. The Balaban J connectivity index is 1.20. The van der Waals surface area contributed by atoms with Crippen LogP contribution in [0.5, 0.6) is 0 Å². The Morgan fingerprint density at radius 3 is 2.86 bits per heavy atom. The van der Waals surface area contributed by atoms with Crippen LogP contribution in [0, 0.1) is 5.41 Å². The summed E-state index contributed by atoms with van der Waals surface area (Å²) in [5.74, 6) is 1.06. The summed E-state index contributed by atoms with van der Waals surface area (Å²) in [4.78, 5) is 27.1. The third-order valence-electron chi connectivity index (χ3n) is 7.01. The minimum atomic E-state index is -0.294. The minimum Gasteiger partial charge on any atom is -0.445 e. The fourth-order valence-electron chi connectivity index (χ4n) is 4.84. The number of benzene rings is 1. The molecular weight excluding hydrogens is 480 g/mol. The zero-order chi connectivity index (χ0) is 24.7. The lowest BCUT2D eigenvalue weighted by atomic mass is 10.0. The zero-order valence-electron chi connectivity index (χ0n) is 19.9. The van der Waals surface area contributed by atoms with Crippen molar-refractivity contribution < 1.29 is 9.53 Å². The van der Waals surface area contributed by atoms with E-state index in [-0.39, 0.29) is 24.2 Å². The molecule has 1 aliphatic carbocycles. The second kappa shape index (κ2) is 9.02. The number of aryl methyl sites for hydroxylation is 1. The summed E-state index contributed by atoms with van der Waals surface area (Å²) in [5, 5.41) is 12.4. The van der Waals surface area contributed by atoms with Crippen molar-refractivity contribution in [3.8, 4) is 0 Å². The predicted molar refractivity (Wildman–Crippen MR) is 137 cm³/mol. The smallest absolute Gasteiger partial charge is 0.410 e. The van der Waals surface area contributed by atoms with E-state index in [1.165, 1.54) is 0 Å². The molecule has 2 aliphatic rings. The number of rotatable bonds is 7. The summed E-state index contributed by atoms with van der Waals surface area (Å²) in [6, 6.07) is 9.74. The van der Waals surface area contributed by atoms with Crippen LogP contribution < -0.4 is 10.6 Å². The van der Waals surface area contributed by atoms with Crippen molar-refractivity contribution in [2.45, 2.75) is 39.0 Å². The molecule has 6 rings (SSSR count). The van der Waals surface area contributed by atoms with Crippen LogP contribution in [0.15, 0.2) is 48.9 Å². The average molecular weight is 507 g/mol. The Bertz CT molecular complexity index is 1400. The van der Waals surface area contributed by atoms with Gasteiger partial charge in [-0.25, -0.2) is 4.79 Å². The minimum absolute atomic E-state index is 0.0156. The maximum absolute atomic E-state index is 12.8. The highest BCUT2D eigenvalue weighted by atomic mass is 35.5. The van der Waals surface area contributed by atoms with Crippen LogP contribution in [0.2, 0.25) is 5.02 Å². The molecule has 1 unspecified atom stereocenters. The van der Waals surface area contributed by atoms with E-state index in [0.29, 0.717) is 35.5 Å². The number of fused-ring (bicyclic) bond motifs is 1. The Kier molecular flexibility index (Phi) is 5.67. The number of H-pyrrole nitrogens is 1.